The van der Waals surface area contributed by atoms with Crippen LogP contribution < -0.4 is 5.32 Å². The fraction of sp³-hybridized carbons (Fsp3) is 0.615. The second-order valence-corrected chi connectivity index (χ2v) is 5.59. The number of thiophene rings is 1. The molecule has 1 saturated heterocycles. The number of nitrogens with one attached hydrogen (secondary N) is 1. The van der Waals surface area contributed by atoms with E-state index in [0.717, 1.165) is 4.88 Å². The molecular weight excluding hydrogens is 264 g/mol. The van der Waals surface area contributed by atoms with Gasteiger partial charge in [-0.15, -0.1) is 11.3 Å². The standard InChI is InChI=1S/C13H20N2O3S/c1-9-13(16)15(7-10(18-3)8-17-2)12(14-9)11-5-4-6-19-11/h4-6,9-10,12,14H,7-8H2,1-3H3. The molecule has 1 fully saturated rings. The predicted molar refractivity (Wildman–Crippen MR) is 74.0 cm³/mol. The van der Waals surface area contributed by atoms with Gasteiger partial charge in [0.25, 0.3) is 0 Å². The van der Waals surface area contributed by atoms with E-state index in [9.17, 15) is 4.79 Å². The third-order valence-electron chi connectivity index (χ3n) is 3.27. The van der Waals surface area contributed by atoms with Crippen LogP contribution >= 0.6 is 11.3 Å². The first kappa shape index (κ1) is 14.5. The van der Waals surface area contributed by atoms with Crippen LogP contribution in [0.15, 0.2) is 17.5 Å². The van der Waals surface area contributed by atoms with Crippen LogP contribution in [0.5, 0.6) is 0 Å². The van der Waals surface area contributed by atoms with Crippen molar-refractivity contribution in [2.24, 2.45) is 0 Å². The highest BCUT2D eigenvalue weighted by Crippen LogP contribution is 2.28. The Morgan fingerprint density at radius 1 is 1.53 bits per heavy atom. The number of amides is 1. The highest BCUT2D eigenvalue weighted by atomic mass is 32.1. The van der Waals surface area contributed by atoms with E-state index < -0.39 is 0 Å². The molecular formula is C13H20N2O3S. The summed E-state index contributed by atoms with van der Waals surface area (Å²) in [6.07, 6.45) is -0.166. The highest BCUT2D eigenvalue weighted by Gasteiger charge is 2.38. The fourth-order valence-corrected chi connectivity index (χ4v) is 3.05. The number of rotatable bonds is 6. The molecule has 1 aliphatic rings. The van der Waals surface area contributed by atoms with E-state index in [1.807, 2.05) is 29.3 Å². The van der Waals surface area contributed by atoms with Gasteiger partial charge >= 0.3 is 0 Å². The number of methoxy groups -OCH3 is 2. The van der Waals surface area contributed by atoms with Crippen molar-refractivity contribution in [3.63, 3.8) is 0 Å². The minimum Gasteiger partial charge on any atom is -0.382 e. The smallest absolute Gasteiger partial charge is 0.241 e. The molecule has 106 valence electrons. The Labute approximate surface area is 117 Å². The quantitative estimate of drug-likeness (QED) is 0.853. The zero-order valence-electron chi connectivity index (χ0n) is 11.5. The molecule has 5 nitrogen and oxygen atoms in total. The summed E-state index contributed by atoms with van der Waals surface area (Å²) in [7, 11) is 3.27. The molecule has 0 spiro atoms. The summed E-state index contributed by atoms with van der Waals surface area (Å²) in [6, 6.07) is 3.88. The zero-order chi connectivity index (χ0) is 13.8. The number of hydrogen-bond acceptors (Lipinski definition) is 5. The van der Waals surface area contributed by atoms with Crippen molar-refractivity contribution >= 4 is 17.2 Å². The van der Waals surface area contributed by atoms with E-state index in [0.29, 0.717) is 13.2 Å². The molecule has 3 atom stereocenters. The highest BCUT2D eigenvalue weighted by molar-refractivity contribution is 7.10. The van der Waals surface area contributed by atoms with Crippen LogP contribution in [0.3, 0.4) is 0 Å². The van der Waals surface area contributed by atoms with E-state index in [1.165, 1.54) is 0 Å². The van der Waals surface area contributed by atoms with Gasteiger partial charge in [-0.2, -0.15) is 0 Å². The molecule has 2 rings (SSSR count). The summed E-state index contributed by atoms with van der Waals surface area (Å²) in [5, 5.41) is 5.34. The molecule has 19 heavy (non-hydrogen) atoms. The van der Waals surface area contributed by atoms with Crippen molar-refractivity contribution in [1.29, 1.82) is 0 Å². The van der Waals surface area contributed by atoms with Crippen molar-refractivity contribution in [3.8, 4) is 0 Å². The van der Waals surface area contributed by atoms with Gasteiger partial charge in [-0.1, -0.05) is 6.07 Å². The third kappa shape index (κ3) is 3.14. The lowest BCUT2D eigenvalue weighted by molar-refractivity contribution is -0.132. The first-order chi connectivity index (χ1) is 9.17. The molecule has 0 aromatic carbocycles. The molecule has 1 aliphatic heterocycles. The van der Waals surface area contributed by atoms with Crippen LogP contribution in [0, 0.1) is 0 Å². The summed E-state index contributed by atoms with van der Waals surface area (Å²) < 4.78 is 10.5. The second kappa shape index (κ2) is 6.47. The minimum atomic E-state index is -0.160. The lowest BCUT2D eigenvalue weighted by atomic mass is 10.3. The zero-order valence-corrected chi connectivity index (χ0v) is 12.3. The normalized spacial score (nSPS) is 25.0. The summed E-state index contributed by atoms with van der Waals surface area (Å²) >= 11 is 1.65. The molecule has 1 aromatic rings. The number of carbonyl (C=O) groups excluding carboxylic acids is 1. The Hall–Kier alpha value is -0.950. The van der Waals surface area contributed by atoms with Crippen LogP contribution in [0.25, 0.3) is 0 Å². The first-order valence-electron chi connectivity index (χ1n) is 6.29. The van der Waals surface area contributed by atoms with E-state index in [2.05, 4.69) is 5.32 Å². The van der Waals surface area contributed by atoms with Gasteiger partial charge in [0.15, 0.2) is 0 Å². The van der Waals surface area contributed by atoms with Crippen LogP contribution in [-0.4, -0.2) is 50.3 Å². The molecule has 0 aliphatic carbocycles. The van der Waals surface area contributed by atoms with Gasteiger partial charge < -0.3 is 14.4 Å². The van der Waals surface area contributed by atoms with Crippen LogP contribution in [0.1, 0.15) is 18.0 Å². The van der Waals surface area contributed by atoms with Gasteiger partial charge in [0.05, 0.1) is 25.3 Å². The van der Waals surface area contributed by atoms with Gasteiger partial charge in [-0.3, -0.25) is 10.1 Å². The average molecular weight is 284 g/mol. The molecule has 0 bridgehead atoms. The summed E-state index contributed by atoms with van der Waals surface area (Å²) in [5.74, 6) is 0.108. The Morgan fingerprint density at radius 3 is 2.89 bits per heavy atom. The minimum absolute atomic E-state index is 0.0583. The number of ether oxygens (including phenoxy) is 2. The fourth-order valence-electron chi connectivity index (χ4n) is 2.25. The van der Waals surface area contributed by atoms with Crippen molar-refractivity contribution in [1.82, 2.24) is 10.2 Å². The van der Waals surface area contributed by atoms with Gasteiger partial charge in [-0.05, 0) is 18.4 Å². The largest absolute Gasteiger partial charge is 0.382 e. The molecule has 0 saturated carbocycles. The summed E-state index contributed by atoms with van der Waals surface area (Å²) in [6.45, 7) is 2.90. The molecule has 1 aromatic heterocycles. The second-order valence-electron chi connectivity index (χ2n) is 4.61. The predicted octanol–water partition coefficient (Wildman–Crippen LogP) is 1.23. The summed E-state index contributed by atoms with van der Waals surface area (Å²) in [4.78, 5) is 15.2. The lowest BCUT2D eigenvalue weighted by Gasteiger charge is -2.27. The third-order valence-corrected chi connectivity index (χ3v) is 4.20. The number of carbonyl (C=O) groups is 1. The Morgan fingerprint density at radius 2 is 2.32 bits per heavy atom. The number of nitrogens with zero attached hydrogens (tertiary/aromatic N) is 1. The van der Waals surface area contributed by atoms with Crippen LogP contribution in [-0.2, 0) is 14.3 Å². The van der Waals surface area contributed by atoms with E-state index >= 15 is 0 Å². The van der Waals surface area contributed by atoms with Crippen molar-refractivity contribution in [3.05, 3.63) is 22.4 Å². The Bertz CT molecular complexity index is 410. The van der Waals surface area contributed by atoms with Gasteiger partial charge in [0.2, 0.25) is 5.91 Å². The molecule has 6 heteroatoms. The maximum absolute atomic E-state index is 12.2. The van der Waals surface area contributed by atoms with Crippen LogP contribution in [0.4, 0.5) is 0 Å². The van der Waals surface area contributed by atoms with Gasteiger partial charge in [-0.25, -0.2) is 0 Å². The van der Waals surface area contributed by atoms with Gasteiger partial charge in [0, 0.05) is 19.1 Å². The molecule has 1 N–H and O–H groups in total. The number of hydrogen-bond donors (Lipinski definition) is 1. The molecule has 3 unspecified atom stereocenters. The maximum Gasteiger partial charge on any atom is 0.241 e. The Balaban J connectivity index is 2.12. The molecule has 0 radical (unpaired) electrons. The maximum atomic E-state index is 12.2. The lowest BCUT2D eigenvalue weighted by Crippen LogP contribution is -2.39. The first-order valence-corrected chi connectivity index (χ1v) is 7.17. The monoisotopic (exact) mass is 284 g/mol. The molecule has 2 heterocycles. The SMILES string of the molecule is COCC(CN1C(=O)C(C)NC1c1cccs1)OC. The van der Waals surface area contributed by atoms with E-state index in [4.69, 9.17) is 9.47 Å². The van der Waals surface area contributed by atoms with E-state index in [1.54, 1.807) is 25.6 Å². The average Bonchev–Trinajstić information content (AvgIpc) is 3.01. The molecule has 1 amide bonds. The van der Waals surface area contributed by atoms with Crippen LogP contribution in [0.2, 0.25) is 0 Å². The topological polar surface area (TPSA) is 50.8 Å². The van der Waals surface area contributed by atoms with E-state index in [-0.39, 0.29) is 24.2 Å². The van der Waals surface area contributed by atoms with Crippen molar-refractivity contribution in [2.75, 3.05) is 27.4 Å². The van der Waals surface area contributed by atoms with Crippen molar-refractivity contribution < 1.29 is 14.3 Å². The van der Waals surface area contributed by atoms with Gasteiger partial charge in [0.1, 0.15) is 6.17 Å². The summed E-state index contributed by atoms with van der Waals surface area (Å²) in [5.41, 5.74) is 0. The Kier molecular flexibility index (Phi) is 4.93. The van der Waals surface area contributed by atoms with Crippen molar-refractivity contribution in [2.45, 2.75) is 25.2 Å².